The molecule has 4 heteroatoms. The summed E-state index contributed by atoms with van der Waals surface area (Å²) in [5.41, 5.74) is 2.81. The zero-order chi connectivity index (χ0) is 14.5. The molecule has 2 aromatic rings. The lowest BCUT2D eigenvalue weighted by Crippen LogP contribution is -2.10. The topological polar surface area (TPSA) is 35.0 Å². The number of aromatic nitrogens is 2. The van der Waals surface area contributed by atoms with Crippen molar-refractivity contribution in [1.29, 1.82) is 0 Å². The molecule has 1 atom stereocenters. The van der Waals surface area contributed by atoms with Crippen LogP contribution in [-0.2, 0) is 4.74 Å². The van der Waals surface area contributed by atoms with Crippen molar-refractivity contribution in [2.75, 3.05) is 6.61 Å². The van der Waals surface area contributed by atoms with Crippen molar-refractivity contribution >= 4 is 11.6 Å². The van der Waals surface area contributed by atoms with Crippen LogP contribution in [0.2, 0.25) is 5.15 Å². The third kappa shape index (κ3) is 3.17. The van der Waals surface area contributed by atoms with Crippen LogP contribution < -0.4 is 0 Å². The minimum atomic E-state index is -0.111. The maximum atomic E-state index is 6.26. The van der Waals surface area contributed by atoms with Gasteiger partial charge in [-0.1, -0.05) is 48.9 Å². The van der Waals surface area contributed by atoms with Gasteiger partial charge in [0.15, 0.2) is 5.82 Å². The molecular weight excluding hydrogens is 272 g/mol. The van der Waals surface area contributed by atoms with Crippen LogP contribution in [0.25, 0.3) is 11.3 Å². The van der Waals surface area contributed by atoms with E-state index in [-0.39, 0.29) is 6.10 Å². The first-order chi connectivity index (χ1) is 9.67. The lowest BCUT2D eigenvalue weighted by Gasteiger charge is -2.16. The second-order valence-electron chi connectivity index (χ2n) is 4.56. The quantitative estimate of drug-likeness (QED) is 0.755. The number of nitrogens with zero attached hydrogens (tertiary/aromatic N) is 2. The van der Waals surface area contributed by atoms with Crippen LogP contribution in [0, 0.1) is 6.92 Å². The molecule has 0 aliphatic carbocycles. The van der Waals surface area contributed by atoms with Crippen LogP contribution in [-0.4, -0.2) is 16.6 Å². The van der Waals surface area contributed by atoms with Crippen LogP contribution in [0.5, 0.6) is 0 Å². The third-order valence-corrected chi connectivity index (χ3v) is 3.55. The van der Waals surface area contributed by atoms with E-state index in [1.165, 1.54) is 0 Å². The Morgan fingerprint density at radius 1 is 1.15 bits per heavy atom. The third-order valence-electron chi connectivity index (χ3n) is 3.18. The van der Waals surface area contributed by atoms with E-state index in [1.807, 2.05) is 44.2 Å². The molecule has 0 saturated heterocycles. The van der Waals surface area contributed by atoms with Crippen molar-refractivity contribution in [3.8, 4) is 11.3 Å². The molecule has 1 unspecified atom stereocenters. The molecule has 0 N–H and O–H groups in total. The maximum absolute atomic E-state index is 6.26. The first-order valence-corrected chi connectivity index (χ1v) is 7.26. The molecule has 1 heterocycles. The second kappa shape index (κ2) is 6.82. The molecule has 106 valence electrons. The molecule has 0 aliphatic heterocycles. The van der Waals surface area contributed by atoms with Gasteiger partial charge in [0.05, 0.1) is 5.69 Å². The molecule has 20 heavy (non-hydrogen) atoms. The van der Waals surface area contributed by atoms with Gasteiger partial charge in [-0.05, 0) is 20.3 Å². The Bertz CT molecular complexity index is 572. The van der Waals surface area contributed by atoms with Crippen LogP contribution in [0.15, 0.2) is 30.3 Å². The lowest BCUT2D eigenvalue weighted by molar-refractivity contribution is 0.0535. The summed E-state index contributed by atoms with van der Waals surface area (Å²) in [5.74, 6) is 0.656. The Labute approximate surface area is 125 Å². The minimum absolute atomic E-state index is 0.111. The molecule has 3 nitrogen and oxygen atoms in total. The molecule has 0 bridgehead atoms. The van der Waals surface area contributed by atoms with Gasteiger partial charge in [-0.15, -0.1) is 0 Å². The number of hydrogen-bond donors (Lipinski definition) is 0. The highest BCUT2D eigenvalue weighted by Crippen LogP contribution is 2.28. The van der Waals surface area contributed by atoms with Gasteiger partial charge in [0.25, 0.3) is 0 Å². The number of benzene rings is 1. The molecular formula is C16H19ClN2O. The van der Waals surface area contributed by atoms with Crippen LogP contribution in [0.1, 0.15) is 37.8 Å². The van der Waals surface area contributed by atoms with Gasteiger partial charge in [0.1, 0.15) is 11.3 Å². The number of hydrogen-bond acceptors (Lipinski definition) is 3. The summed E-state index contributed by atoms with van der Waals surface area (Å²) in [6, 6.07) is 10.0. The highest BCUT2D eigenvalue weighted by Gasteiger charge is 2.17. The van der Waals surface area contributed by atoms with E-state index >= 15 is 0 Å². The standard InChI is InChI=1S/C16H19ClN2O/c1-4-13(20-5-2)16-18-14(11(3)15(17)19-16)12-9-7-6-8-10-12/h6-10,13H,4-5H2,1-3H3. The van der Waals surface area contributed by atoms with Crippen molar-refractivity contribution < 1.29 is 4.74 Å². The van der Waals surface area contributed by atoms with Crippen molar-refractivity contribution in [3.63, 3.8) is 0 Å². The summed E-state index contributed by atoms with van der Waals surface area (Å²) < 4.78 is 5.68. The predicted molar refractivity (Wildman–Crippen MR) is 81.9 cm³/mol. The van der Waals surface area contributed by atoms with E-state index in [4.69, 9.17) is 16.3 Å². The number of ether oxygens (including phenoxy) is 1. The Morgan fingerprint density at radius 2 is 1.85 bits per heavy atom. The largest absolute Gasteiger partial charge is 0.371 e. The molecule has 0 spiro atoms. The summed E-state index contributed by atoms with van der Waals surface area (Å²) >= 11 is 6.26. The molecule has 0 saturated carbocycles. The van der Waals surface area contributed by atoms with Gasteiger partial charge in [0.2, 0.25) is 0 Å². The van der Waals surface area contributed by atoms with Gasteiger partial charge >= 0.3 is 0 Å². The van der Waals surface area contributed by atoms with Crippen LogP contribution in [0.4, 0.5) is 0 Å². The number of rotatable bonds is 5. The van der Waals surface area contributed by atoms with Crippen molar-refractivity contribution in [2.24, 2.45) is 0 Å². The monoisotopic (exact) mass is 290 g/mol. The Kier molecular flexibility index (Phi) is 5.10. The zero-order valence-corrected chi connectivity index (χ0v) is 12.8. The summed E-state index contributed by atoms with van der Waals surface area (Å²) in [5, 5.41) is 0.493. The summed E-state index contributed by atoms with van der Waals surface area (Å²) in [7, 11) is 0. The van der Waals surface area contributed by atoms with Gasteiger partial charge in [-0.25, -0.2) is 9.97 Å². The van der Waals surface area contributed by atoms with Crippen LogP contribution in [0.3, 0.4) is 0 Å². The van der Waals surface area contributed by atoms with Gasteiger partial charge in [0, 0.05) is 17.7 Å². The normalized spacial score (nSPS) is 12.4. The summed E-state index contributed by atoms with van der Waals surface area (Å²) in [6.45, 7) is 6.60. The molecule has 2 rings (SSSR count). The molecule has 0 radical (unpaired) electrons. The molecule has 1 aromatic heterocycles. The van der Waals surface area contributed by atoms with E-state index in [0.717, 1.165) is 23.2 Å². The van der Waals surface area contributed by atoms with E-state index < -0.39 is 0 Å². The molecule has 1 aromatic carbocycles. The van der Waals surface area contributed by atoms with Crippen LogP contribution >= 0.6 is 11.6 Å². The summed E-state index contributed by atoms with van der Waals surface area (Å²) in [4.78, 5) is 9.05. The fraction of sp³-hybridized carbons (Fsp3) is 0.375. The Hall–Kier alpha value is -1.45. The molecule has 0 aliphatic rings. The van der Waals surface area contributed by atoms with E-state index in [0.29, 0.717) is 17.6 Å². The van der Waals surface area contributed by atoms with Crippen molar-refractivity contribution in [1.82, 2.24) is 9.97 Å². The lowest BCUT2D eigenvalue weighted by atomic mass is 10.1. The second-order valence-corrected chi connectivity index (χ2v) is 4.92. The highest BCUT2D eigenvalue weighted by molar-refractivity contribution is 6.30. The average molecular weight is 291 g/mol. The molecule has 0 fully saturated rings. The van der Waals surface area contributed by atoms with E-state index in [1.54, 1.807) is 0 Å². The van der Waals surface area contributed by atoms with Crippen molar-refractivity contribution in [2.45, 2.75) is 33.3 Å². The fourth-order valence-corrected chi connectivity index (χ4v) is 2.28. The molecule has 0 amide bonds. The van der Waals surface area contributed by atoms with Gasteiger partial charge in [-0.3, -0.25) is 0 Å². The smallest absolute Gasteiger partial charge is 0.159 e. The number of halogens is 1. The Balaban J connectivity index is 2.50. The zero-order valence-electron chi connectivity index (χ0n) is 12.1. The summed E-state index contributed by atoms with van der Waals surface area (Å²) in [6.07, 6.45) is 0.710. The van der Waals surface area contributed by atoms with E-state index in [9.17, 15) is 0 Å². The van der Waals surface area contributed by atoms with E-state index in [2.05, 4.69) is 16.9 Å². The first-order valence-electron chi connectivity index (χ1n) is 6.88. The average Bonchev–Trinajstić information content (AvgIpc) is 2.48. The highest BCUT2D eigenvalue weighted by atomic mass is 35.5. The minimum Gasteiger partial charge on any atom is -0.371 e. The Morgan fingerprint density at radius 3 is 2.45 bits per heavy atom. The van der Waals surface area contributed by atoms with Crippen molar-refractivity contribution in [3.05, 3.63) is 46.9 Å². The fourth-order valence-electron chi connectivity index (χ4n) is 2.10. The first kappa shape index (κ1) is 14.9. The maximum Gasteiger partial charge on any atom is 0.159 e. The van der Waals surface area contributed by atoms with Gasteiger partial charge < -0.3 is 4.74 Å². The SMILES string of the molecule is CCOC(CC)c1nc(Cl)c(C)c(-c2ccccc2)n1. The van der Waals surface area contributed by atoms with Gasteiger partial charge in [-0.2, -0.15) is 0 Å². The predicted octanol–water partition coefficient (Wildman–Crippen LogP) is 4.59.